The lowest BCUT2D eigenvalue weighted by Gasteiger charge is -1.96. The summed E-state index contributed by atoms with van der Waals surface area (Å²) >= 11 is 0. The Balaban J connectivity index is 2.04. The predicted octanol–water partition coefficient (Wildman–Crippen LogP) is 2.95. The van der Waals surface area contributed by atoms with Gasteiger partial charge in [0, 0.05) is 11.9 Å². The number of hydrogen-bond donors (Lipinski definition) is 1. The van der Waals surface area contributed by atoms with Gasteiger partial charge in [0.15, 0.2) is 0 Å². The van der Waals surface area contributed by atoms with Crippen LogP contribution in [0.5, 0.6) is 0 Å². The lowest BCUT2D eigenvalue weighted by atomic mass is 10.1. The first kappa shape index (κ1) is 8.38. The van der Waals surface area contributed by atoms with Gasteiger partial charge in [-0.15, -0.1) is 0 Å². The Hall–Kier alpha value is -0.720. The van der Waals surface area contributed by atoms with Crippen LogP contribution < -0.4 is 0 Å². The molecule has 1 heteroatoms. The van der Waals surface area contributed by atoms with Gasteiger partial charge < -0.3 is 4.98 Å². The van der Waals surface area contributed by atoms with Crippen LogP contribution >= 0.6 is 0 Å². The SMILES string of the molecule is [CH2]CCCCCc1ccc[nH]1. The van der Waals surface area contributed by atoms with E-state index in [4.69, 9.17) is 0 Å². The van der Waals surface area contributed by atoms with Crippen molar-refractivity contribution in [2.24, 2.45) is 0 Å². The van der Waals surface area contributed by atoms with Crippen LogP contribution in [-0.2, 0) is 6.42 Å². The van der Waals surface area contributed by atoms with E-state index >= 15 is 0 Å². The van der Waals surface area contributed by atoms with Gasteiger partial charge >= 0.3 is 0 Å². The van der Waals surface area contributed by atoms with E-state index < -0.39 is 0 Å². The van der Waals surface area contributed by atoms with Crippen LogP contribution in [-0.4, -0.2) is 4.98 Å². The van der Waals surface area contributed by atoms with E-state index in [1.54, 1.807) is 0 Å². The number of rotatable bonds is 5. The molecule has 0 atom stereocenters. The zero-order chi connectivity index (χ0) is 7.94. The molecule has 0 spiro atoms. The van der Waals surface area contributed by atoms with Crippen LogP contribution in [0.3, 0.4) is 0 Å². The van der Waals surface area contributed by atoms with Crippen molar-refractivity contribution in [3.8, 4) is 0 Å². The van der Waals surface area contributed by atoms with Crippen LogP contribution in [0.2, 0.25) is 0 Å². The van der Waals surface area contributed by atoms with E-state index in [1.807, 2.05) is 6.20 Å². The predicted molar refractivity (Wildman–Crippen MR) is 48.3 cm³/mol. The van der Waals surface area contributed by atoms with Crippen LogP contribution in [0.4, 0.5) is 0 Å². The topological polar surface area (TPSA) is 15.8 Å². The van der Waals surface area contributed by atoms with Crippen molar-refractivity contribution in [3.05, 3.63) is 30.9 Å². The molecule has 0 unspecified atom stereocenters. The highest BCUT2D eigenvalue weighted by molar-refractivity contribution is 5.03. The van der Waals surface area contributed by atoms with Crippen molar-refractivity contribution in [2.45, 2.75) is 32.1 Å². The van der Waals surface area contributed by atoms with Crippen LogP contribution in [0.15, 0.2) is 18.3 Å². The maximum Gasteiger partial charge on any atom is 0.0147 e. The molecule has 1 aromatic heterocycles. The molecule has 0 saturated heterocycles. The van der Waals surface area contributed by atoms with Crippen molar-refractivity contribution in [2.75, 3.05) is 0 Å². The van der Waals surface area contributed by atoms with Crippen LogP contribution in [0.25, 0.3) is 0 Å². The highest BCUT2D eigenvalue weighted by Gasteiger charge is 1.91. The van der Waals surface area contributed by atoms with Crippen molar-refractivity contribution in [3.63, 3.8) is 0 Å². The maximum atomic E-state index is 3.81. The summed E-state index contributed by atoms with van der Waals surface area (Å²) in [6.45, 7) is 3.81. The number of nitrogens with one attached hydrogen (secondary N) is 1. The first-order valence-electron chi connectivity index (χ1n) is 4.35. The molecule has 61 valence electrons. The van der Waals surface area contributed by atoms with E-state index in [2.05, 4.69) is 24.0 Å². The van der Waals surface area contributed by atoms with Crippen molar-refractivity contribution >= 4 is 0 Å². The largest absolute Gasteiger partial charge is 0.365 e. The second kappa shape index (κ2) is 5.00. The summed E-state index contributed by atoms with van der Waals surface area (Å²) in [5, 5.41) is 0. The van der Waals surface area contributed by atoms with E-state index in [0.717, 1.165) is 6.42 Å². The third-order valence-electron chi connectivity index (χ3n) is 1.86. The number of aromatic amines is 1. The Kier molecular flexibility index (Phi) is 3.81. The third-order valence-corrected chi connectivity index (χ3v) is 1.86. The Labute approximate surface area is 68.8 Å². The van der Waals surface area contributed by atoms with Crippen molar-refractivity contribution in [1.29, 1.82) is 0 Å². The molecule has 0 bridgehead atoms. The van der Waals surface area contributed by atoms with Gasteiger partial charge in [-0.3, -0.25) is 0 Å². The second-order valence-corrected chi connectivity index (χ2v) is 2.86. The molecule has 0 saturated carbocycles. The van der Waals surface area contributed by atoms with Crippen molar-refractivity contribution in [1.82, 2.24) is 4.98 Å². The molecule has 11 heavy (non-hydrogen) atoms. The molecule has 1 radical (unpaired) electrons. The van der Waals surface area contributed by atoms with Crippen molar-refractivity contribution < 1.29 is 0 Å². The molecular weight excluding hydrogens is 134 g/mol. The summed E-state index contributed by atoms with van der Waals surface area (Å²) in [6, 6.07) is 4.20. The summed E-state index contributed by atoms with van der Waals surface area (Å²) in [7, 11) is 0. The standard InChI is InChI=1S/C10H16N/c1-2-3-4-5-7-10-8-6-9-11-10/h6,8-9,11H,1-5,7H2. The minimum Gasteiger partial charge on any atom is -0.365 e. The summed E-state index contributed by atoms with van der Waals surface area (Å²) < 4.78 is 0. The molecule has 1 aromatic rings. The molecule has 1 heterocycles. The average molecular weight is 150 g/mol. The van der Waals surface area contributed by atoms with Gasteiger partial charge in [0.05, 0.1) is 0 Å². The Morgan fingerprint density at radius 2 is 2.18 bits per heavy atom. The van der Waals surface area contributed by atoms with Gasteiger partial charge in [-0.1, -0.05) is 26.2 Å². The monoisotopic (exact) mass is 150 g/mol. The molecule has 1 rings (SSSR count). The molecule has 1 N–H and O–H groups in total. The van der Waals surface area contributed by atoms with Gasteiger partial charge in [-0.2, -0.15) is 0 Å². The summed E-state index contributed by atoms with van der Waals surface area (Å²) in [5.74, 6) is 0. The maximum absolute atomic E-state index is 3.81. The summed E-state index contributed by atoms with van der Waals surface area (Å²) in [4.78, 5) is 3.20. The van der Waals surface area contributed by atoms with Gasteiger partial charge in [0.1, 0.15) is 0 Å². The molecular formula is C10H16N. The normalized spacial score (nSPS) is 10.3. The lowest BCUT2D eigenvalue weighted by molar-refractivity contribution is 0.680. The third kappa shape index (κ3) is 3.26. The van der Waals surface area contributed by atoms with Gasteiger partial charge in [0.25, 0.3) is 0 Å². The van der Waals surface area contributed by atoms with Gasteiger partial charge in [0.2, 0.25) is 0 Å². The zero-order valence-corrected chi connectivity index (χ0v) is 6.97. The number of hydrogen-bond acceptors (Lipinski definition) is 0. The number of H-pyrrole nitrogens is 1. The molecule has 0 fully saturated rings. The highest BCUT2D eigenvalue weighted by atomic mass is 14.7. The fraction of sp³-hybridized carbons (Fsp3) is 0.500. The van der Waals surface area contributed by atoms with E-state index in [-0.39, 0.29) is 0 Å². The van der Waals surface area contributed by atoms with Gasteiger partial charge in [-0.25, -0.2) is 0 Å². The smallest absolute Gasteiger partial charge is 0.0147 e. The Bertz CT molecular complexity index is 165. The van der Waals surface area contributed by atoms with Gasteiger partial charge in [-0.05, 0) is 25.0 Å². The molecule has 0 aromatic carbocycles. The molecule has 0 aliphatic heterocycles. The molecule has 1 nitrogen and oxygen atoms in total. The molecule has 0 aliphatic carbocycles. The lowest BCUT2D eigenvalue weighted by Crippen LogP contribution is -1.84. The van der Waals surface area contributed by atoms with E-state index in [1.165, 1.54) is 31.4 Å². The highest BCUT2D eigenvalue weighted by Crippen LogP contribution is 2.04. The Morgan fingerprint density at radius 3 is 2.82 bits per heavy atom. The zero-order valence-electron chi connectivity index (χ0n) is 6.97. The average Bonchev–Trinajstić information content (AvgIpc) is 2.50. The fourth-order valence-corrected chi connectivity index (χ4v) is 1.19. The number of unbranched alkanes of at least 4 members (excludes halogenated alkanes) is 3. The van der Waals surface area contributed by atoms with E-state index in [0.29, 0.717) is 0 Å². The second-order valence-electron chi connectivity index (χ2n) is 2.86. The fourth-order valence-electron chi connectivity index (χ4n) is 1.19. The number of aryl methyl sites for hydroxylation is 1. The van der Waals surface area contributed by atoms with Crippen LogP contribution in [0.1, 0.15) is 31.4 Å². The quantitative estimate of drug-likeness (QED) is 0.621. The minimum absolute atomic E-state index is 1.07. The Morgan fingerprint density at radius 1 is 1.27 bits per heavy atom. The van der Waals surface area contributed by atoms with Crippen LogP contribution in [0, 0.1) is 6.92 Å². The summed E-state index contributed by atoms with van der Waals surface area (Å²) in [6.07, 6.45) is 8.10. The molecule has 0 aliphatic rings. The summed E-state index contributed by atoms with van der Waals surface area (Å²) in [5.41, 5.74) is 1.36. The molecule has 0 amide bonds. The minimum atomic E-state index is 1.07. The first-order chi connectivity index (χ1) is 5.43. The number of aromatic nitrogens is 1. The van der Waals surface area contributed by atoms with E-state index in [9.17, 15) is 0 Å². The first-order valence-corrected chi connectivity index (χ1v) is 4.35.